The molecule has 0 spiro atoms. The summed E-state index contributed by atoms with van der Waals surface area (Å²) in [5, 5.41) is 0. The molecule has 0 aliphatic carbocycles. The molecule has 1 atom stereocenters. The van der Waals surface area contributed by atoms with E-state index in [-0.39, 0.29) is 11.5 Å². The van der Waals surface area contributed by atoms with Crippen LogP contribution in [0, 0.1) is 6.92 Å². The lowest BCUT2D eigenvalue weighted by Gasteiger charge is -2.11. The number of ketones is 1. The van der Waals surface area contributed by atoms with Crippen molar-refractivity contribution in [3.8, 4) is 11.5 Å². The van der Waals surface area contributed by atoms with Gasteiger partial charge in [-0.2, -0.15) is 0 Å². The average Bonchev–Trinajstić information content (AvgIpc) is 3.25. The second-order valence-electron chi connectivity index (χ2n) is 6.23. The highest BCUT2D eigenvalue weighted by atomic mass is 16.6. The van der Waals surface area contributed by atoms with E-state index in [4.69, 9.17) is 14.2 Å². The van der Waals surface area contributed by atoms with E-state index in [1.165, 1.54) is 0 Å². The van der Waals surface area contributed by atoms with Gasteiger partial charge in [0.15, 0.2) is 11.9 Å². The maximum atomic E-state index is 12.6. The summed E-state index contributed by atoms with van der Waals surface area (Å²) in [7, 11) is 0. The van der Waals surface area contributed by atoms with Crippen LogP contribution in [0.25, 0.3) is 6.08 Å². The number of nitrogens with zero attached hydrogens (tertiary/aromatic N) is 1. The van der Waals surface area contributed by atoms with Crippen molar-refractivity contribution in [1.82, 2.24) is 4.98 Å². The molecule has 4 rings (SSSR count). The number of esters is 1. The number of aromatic nitrogens is 1. The monoisotopic (exact) mass is 351 g/mol. The molecule has 2 aliphatic rings. The van der Waals surface area contributed by atoms with Gasteiger partial charge in [0, 0.05) is 24.9 Å². The zero-order valence-corrected chi connectivity index (χ0v) is 14.2. The molecule has 26 heavy (non-hydrogen) atoms. The minimum atomic E-state index is -0.522. The first-order valence-electron chi connectivity index (χ1n) is 8.45. The molecule has 1 aromatic heterocycles. The van der Waals surface area contributed by atoms with Crippen LogP contribution in [0.15, 0.2) is 42.3 Å². The molecule has 0 saturated carbocycles. The fraction of sp³-hybridized carbons (Fsp3) is 0.250. The summed E-state index contributed by atoms with van der Waals surface area (Å²) < 4.78 is 16.4. The predicted molar refractivity (Wildman–Crippen MR) is 93.0 cm³/mol. The highest BCUT2D eigenvalue weighted by Gasteiger charge is 2.31. The van der Waals surface area contributed by atoms with Gasteiger partial charge in [-0.25, -0.2) is 4.79 Å². The number of hydrogen-bond donors (Lipinski definition) is 0. The van der Waals surface area contributed by atoms with Gasteiger partial charge in [-0.15, -0.1) is 0 Å². The Bertz CT molecular complexity index is 898. The van der Waals surface area contributed by atoms with Crippen molar-refractivity contribution in [2.75, 3.05) is 6.61 Å². The second kappa shape index (κ2) is 6.72. The van der Waals surface area contributed by atoms with Crippen LogP contribution in [-0.2, 0) is 9.53 Å². The van der Waals surface area contributed by atoms with Crippen molar-refractivity contribution < 1.29 is 23.8 Å². The van der Waals surface area contributed by atoms with Crippen molar-refractivity contribution in [3.63, 3.8) is 0 Å². The number of aryl methyl sites for hydroxylation is 1. The van der Waals surface area contributed by atoms with Gasteiger partial charge in [-0.1, -0.05) is 6.07 Å². The summed E-state index contributed by atoms with van der Waals surface area (Å²) in [4.78, 5) is 28.9. The molecule has 1 unspecified atom stereocenters. The van der Waals surface area contributed by atoms with Gasteiger partial charge in [0.1, 0.15) is 11.5 Å². The lowest BCUT2D eigenvalue weighted by molar-refractivity contribution is -0.144. The van der Waals surface area contributed by atoms with Crippen molar-refractivity contribution in [2.45, 2.75) is 25.9 Å². The van der Waals surface area contributed by atoms with Crippen molar-refractivity contribution in [2.24, 2.45) is 0 Å². The fourth-order valence-electron chi connectivity index (χ4n) is 3.08. The Morgan fingerprint density at radius 1 is 1.35 bits per heavy atom. The molecule has 1 fully saturated rings. The van der Waals surface area contributed by atoms with E-state index in [1.54, 1.807) is 43.5 Å². The van der Waals surface area contributed by atoms with Crippen LogP contribution in [0.4, 0.5) is 0 Å². The van der Waals surface area contributed by atoms with E-state index in [1.807, 2.05) is 6.07 Å². The lowest BCUT2D eigenvalue weighted by Crippen LogP contribution is -2.24. The number of pyridine rings is 1. The van der Waals surface area contributed by atoms with Crippen molar-refractivity contribution in [1.29, 1.82) is 0 Å². The molecule has 0 bridgehead atoms. The van der Waals surface area contributed by atoms with Gasteiger partial charge in [0.25, 0.3) is 0 Å². The zero-order valence-electron chi connectivity index (χ0n) is 14.2. The first-order valence-corrected chi connectivity index (χ1v) is 8.45. The number of rotatable bonds is 3. The number of carbonyl (C=O) groups is 2. The number of ether oxygens (including phenoxy) is 3. The van der Waals surface area contributed by atoms with Gasteiger partial charge >= 0.3 is 5.97 Å². The van der Waals surface area contributed by atoms with Crippen molar-refractivity contribution >= 4 is 17.8 Å². The maximum absolute atomic E-state index is 12.6. The second-order valence-corrected chi connectivity index (χ2v) is 6.23. The number of allylic oxidation sites excluding steroid dienone is 1. The fourth-order valence-corrected chi connectivity index (χ4v) is 3.08. The average molecular weight is 351 g/mol. The largest absolute Gasteiger partial charge is 0.452 e. The topological polar surface area (TPSA) is 74.7 Å². The molecule has 0 N–H and O–H groups in total. The number of benzene rings is 1. The highest BCUT2D eigenvalue weighted by molar-refractivity contribution is 6.15. The molecule has 0 amide bonds. The smallest absolute Gasteiger partial charge is 0.340 e. The van der Waals surface area contributed by atoms with E-state index in [0.717, 1.165) is 6.42 Å². The van der Waals surface area contributed by atoms with E-state index >= 15 is 0 Å². The Labute approximate surface area is 150 Å². The zero-order chi connectivity index (χ0) is 18.1. The molecule has 2 aliphatic heterocycles. The van der Waals surface area contributed by atoms with Gasteiger partial charge in [-0.3, -0.25) is 9.78 Å². The first kappa shape index (κ1) is 16.5. The Morgan fingerprint density at radius 2 is 2.23 bits per heavy atom. The summed E-state index contributed by atoms with van der Waals surface area (Å²) in [6.07, 6.45) is 4.23. The van der Waals surface area contributed by atoms with Crippen LogP contribution in [0.1, 0.15) is 34.5 Å². The molecule has 2 aromatic rings. The molecule has 132 valence electrons. The third-order valence-electron chi connectivity index (χ3n) is 4.32. The maximum Gasteiger partial charge on any atom is 0.340 e. The van der Waals surface area contributed by atoms with E-state index < -0.39 is 12.1 Å². The molecule has 6 nitrogen and oxygen atoms in total. The minimum Gasteiger partial charge on any atom is -0.452 e. The van der Waals surface area contributed by atoms with Crippen LogP contribution in [0.5, 0.6) is 11.5 Å². The number of fused-ring (bicyclic) bond motifs is 1. The number of Topliss-reactive ketones (excluding diaryl/α,β-unsaturated/α-hetero) is 1. The highest BCUT2D eigenvalue weighted by Crippen LogP contribution is 2.37. The summed E-state index contributed by atoms with van der Waals surface area (Å²) in [6, 6.07) is 8.64. The quantitative estimate of drug-likeness (QED) is 0.481. The molecule has 1 aromatic carbocycles. The molecule has 6 heteroatoms. The Kier molecular flexibility index (Phi) is 4.26. The van der Waals surface area contributed by atoms with E-state index in [0.29, 0.717) is 41.3 Å². The third kappa shape index (κ3) is 3.11. The molecule has 0 radical (unpaired) electrons. The van der Waals surface area contributed by atoms with Crippen LogP contribution in [0.2, 0.25) is 0 Å². The summed E-state index contributed by atoms with van der Waals surface area (Å²) in [5.41, 5.74) is 1.79. The molecular formula is C20H17NO5. The Balaban J connectivity index is 1.59. The molecular weight excluding hydrogens is 334 g/mol. The summed E-state index contributed by atoms with van der Waals surface area (Å²) in [6.45, 7) is 2.36. The van der Waals surface area contributed by atoms with Crippen LogP contribution in [-0.4, -0.2) is 29.4 Å². The Hall–Kier alpha value is -2.99. The normalized spacial score (nSPS) is 20.1. The third-order valence-corrected chi connectivity index (χ3v) is 4.32. The van der Waals surface area contributed by atoms with Gasteiger partial charge in [-0.05, 0) is 43.5 Å². The van der Waals surface area contributed by atoms with E-state index in [2.05, 4.69) is 4.98 Å². The van der Waals surface area contributed by atoms with Gasteiger partial charge < -0.3 is 14.2 Å². The van der Waals surface area contributed by atoms with Crippen LogP contribution < -0.4 is 9.47 Å². The van der Waals surface area contributed by atoms with Crippen molar-refractivity contribution in [3.05, 3.63) is 59.1 Å². The standard InChI is InChI=1S/C20H17NO5/c1-12-9-14(25-20(23)15-6-4-8-24-15)11-16-18(12)19(22)17(26-16)10-13-5-2-3-7-21-13/h2-3,5,7,9-11,15H,4,6,8H2,1H3/b17-10-. The first-order chi connectivity index (χ1) is 12.6. The number of carbonyl (C=O) groups excluding carboxylic acids is 2. The molecule has 3 heterocycles. The summed E-state index contributed by atoms with van der Waals surface area (Å²) in [5.74, 6) is 0.293. The van der Waals surface area contributed by atoms with Crippen LogP contribution >= 0.6 is 0 Å². The SMILES string of the molecule is Cc1cc(OC(=O)C2CCCO2)cc2c1C(=O)/C(=C/c1ccccn1)O2. The van der Waals surface area contributed by atoms with E-state index in [9.17, 15) is 9.59 Å². The van der Waals surface area contributed by atoms with Gasteiger partial charge in [0.2, 0.25) is 5.78 Å². The minimum absolute atomic E-state index is 0.199. The van der Waals surface area contributed by atoms with Crippen LogP contribution in [0.3, 0.4) is 0 Å². The molecule has 1 saturated heterocycles. The lowest BCUT2D eigenvalue weighted by atomic mass is 10.0. The van der Waals surface area contributed by atoms with Gasteiger partial charge in [0.05, 0.1) is 11.3 Å². The predicted octanol–water partition coefficient (Wildman–Crippen LogP) is 3.09. The Morgan fingerprint density at radius 3 is 2.96 bits per heavy atom. The number of hydrogen-bond acceptors (Lipinski definition) is 6. The summed E-state index contributed by atoms with van der Waals surface area (Å²) >= 11 is 0.